The first-order valence-corrected chi connectivity index (χ1v) is 7.66. The second-order valence-electron chi connectivity index (χ2n) is 5.42. The lowest BCUT2D eigenvalue weighted by Gasteiger charge is -2.20. The molecule has 0 aliphatic carbocycles. The van der Waals surface area contributed by atoms with Crippen molar-refractivity contribution in [2.24, 2.45) is 5.92 Å². The van der Waals surface area contributed by atoms with Gasteiger partial charge in [0.15, 0.2) is 11.6 Å². The van der Waals surface area contributed by atoms with Crippen LogP contribution in [-0.2, 0) is 16.0 Å². The van der Waals surface area contributed by atoms with Gasteiger partial charge in [-0.2, -0.15) is 0 Å². The summed E-state index contributed by atoms with van der Waals surface area (Å²) in [5, 5.41) is 2.79. The molecule has 0 saturated carbocycles. The minimum atomic E-state index is -0.563. The van der Waals surface area contributed by atoms with Gasteiger partial charge in [-0.1, -0.05) is 25.4 Å². The van der Waals surface area contributed by atoms with Gasteiger partial charge in [-0.3, -0.25) is 4.79 Å². The third-order valence-electron chi connectivity index (χ3n) is 3.35. The van der Waals surface area contributed by atoms with Crippen molar-refractivity contribution in [3.63, 3.8) is 0 Å². The monoisotopic (exact) mass is 331 g/mol. The molecule has 0 radical (unpaired) electrons. The molecule has 1 rings (SSSR count). The maximum atomic E-state index is 14.0. The standard InChI is InChI=1S/C16H23ClFNO3/c1-11(2)14(19-10-20)8-12-7-13(17)16(18)15(9-12)22-6-4-5-21-3/h7,9-11,14H,4-6,8H2,1-3H3,(H,19,20). The highest BCUT2D eigenvalue weighted by atomic mass is 35.5. The Balaban J connectivity index is 2.82. The van der Waals surface area contributed by atoms with Crippen LogP contribution in [0.2, 0.25) is 5.02 Å². The summed E-state index contributed by atoms with van der Waals surface area (Å²) in [5.74, 6) is -0.181. The summed E-state index contributed by atoms with van der Waals surface area (Å²) >= 11 is 5.93. The number of hydrogen-bond donors (Lipinski definition) is 1. The first-order valence-electron chi connectivity index (χ1n) is 7.29. The third-order valence-corrected chi connectivity index (χ3v) is 3.62. The van der Waals surface area contributed by atoms with Crippen LogP contribution >= 0.6 is 11.6 Å². The highest BCUT2D eigenvalue weighted by Gasteiger charge is 2.16. The van der Waals surface area contributed by atoms with E-state index >= 15 is 0 Å². The van der Waals surface area contributed by atoms with Gasteiger partial charge < -0.3 is 14.8 Å². The largest absolute Gasteiger partial charge is 0.490 e. The number of carbonyl (C=O) groups is 1. The van der Waals surface area contributed by atoms with E-state index in [2.05, 4.69) is 5.32 Å². The number of rotatable bonds is 10. The molecule has 0 saturated heterocycles. The van der Waals surface area contributed by atoms with E-state index in [0.717, 1.165) is 5.56 Å². The minimum Gasteiger partial charge on any atom is -0.490 e. The summed E-state index contributed by atoms with van der Waals surface area (Å²) in [6.07, 6.45) is 1.90. The van der Waals surface area contributed by atoms with Crippen LogP contribution in [0.4, 0.5) is 4.39 Å². The molecule has 1 aromatic rings. The third kappa shape index (κ3) is 5.81. The van der Waals surface area contributed by atoms with Crippen molar-refractivity contribution in [1.82, 2.24) is 5.32 Å². The lowest BCUT2D eigenvalue weighted by Crippen LogP contribution is -2.34. The Labute approximate surface area is 135 Å². The SMILES string of the molecule is COCCCOc1cc(CC(NC=O)C(C)C)cc(Cl)c1F. The van der Waals surface area contributed by atoms with Crippen LogP contribution in [0.5, 0.6) is 5.75 Å². The number of methoxy groups -OCH3 is 1. The zero-order valence-electron chi connectivity index (χ0n) is 13.2. The first kappa shape index (κ1) is 18.7. The second kappa shape index (κ2) is 9.64. The lowest BCUT2D eigenvalue weighted by atomic mass is 9.96. The van der Waals surface area contributed by atoms with Crippen molar-refractivity contribution < 1.29 is 18.7 Å². The summed E-state index contributed by atoms with van der Waals surface area (Å²) in [6, 6.07) is 3.16. The number of nitrogens with one attached hydrogen (secondary N) is 1. The van der Waals surface area contributed by atoms with Gasteiger partial charge >= 0.3 is 0 Å². The van der Waals surface area contributed by atoms with E-state index in [9.17, 15) is 9.18 Å². The average Bonchev–Trinajstić information content (AvgIpc) is 2.47. The fraction of sp³-hybridized carbons (Fsp3) is 0.562. The fourth-order valence-corrected chi connectivity index (χ4v) is 2.29. The molecule has 0 spiro atoms. The molecule has 1 amide bonds. The van der Waals surface area contributed by atoms with E-state index in [1.807, 2.05) is 13.8 Å². The summed E-state index contributed by atoms with van der Waals surface area (Å²) in [4.78, 5) is 10.7. The van der Waals surface area contributed by atoms with Crippen molar-refractivity contribution in [2.75, 3.05) is 20.3 Å². The van der Waals surface area contributed by atoms with Crippen molar-refractivity contribution in [2.45, 2.75) is 32.7 Å². The number of amides is 1. The number of carbonyl (C=O) groups excluding carboxylic acids is 1. The van der Waals surface area contributed by atoms with E-state index < -0.39 is 5.82 Å². The summed E-state index contributed by atoms with van der Waals surface area (Å²) in [6.45, 7) is 4.92. The van der Waals surface area contributed by atoms with E-state index in [4.69, 9.17) is 21.1 Å². The van der Waals surface area contributed by atoms with Gasteiger partial charge in [0.05, 0.1) is 11.6 Å². The Kier molecular flexibility index (Phi) is 8.20. The Morgan fingerprint density at radius 2 is 2.09 bits per heavy atom. The summed E-state index contributed by atoms with van der Waals surface area (Å²) in [5.41, 5.74) is 0.821. The van der Waals surface area contributed by atoms with Crippen LogP contribution < -0.4 is 10.1 Å². The van der Waals surface area contributed by atoms with Gasteiger partial charge in [-0.25, -0.2) is 4.39 Å². The van der Waals surface area contributed by atoms with Gasteiger partial charge in [0.2, 0.25) is 6.41 Å². The predicted molar refractivity (Wildman–Crippen MR) is 84.9 cm³/mol. The maximum absolute atomic E-state index is 14.0. The summed E-state index contributed by atoms with van der Waals surface area (Å²) in [7, 11) is 1.60. The van der Waals surface area contributed by atoms with Gasteiger partial charge in [0.1, 0.15) is 0 Å². The quantitative estimate of drug-likeness (QED) is 0.529. The Morgan fingerprint density at radius 3 is 2.68 bits per heavy atom. The Morgan fingerprint density at radius 1 is 1.36 bits per heavy atom. The van der Waals surface area contributed by atoms with Crippen LogP contribution in [0.1, 0.15) is 25.8 Å². The van der Waals surface area contributed by atoms with Crippen molar-refractivity contribution in [1.29, 1.82) is 0 Å². The van der Waals surface area contributed by atoms with Crippen LogP contribution in [-0.4, -0.2) is 32.8 Å². The van der Waals surface area contributed by atoms with Crippen LogP contribution in [0.25, 0.3) is 0 Å². The molecular formula is C16H23ClFNO3. The number of hydrogen-bond acceptors (Lipinski definition) is 3. The smallest absolute Gasteiger partial charge is 0.207 e. The molecule has 0 aliphatic heterocycles. The molecule has 0 heterocycles. The first-order chi connectivity index (χ1) is 10.5. The Bertz CT molecular complexity index is 483. The predicted octanol–water partition coefficient (Wildman–Crippen LogP) is 3.21. The molecule has 22 heavy (non-hydrogen) atoms. The molecule has 1 unspecified atom stereocenters. The van der Waals surface area contributed by atoms with E-state index in [1.165, 1.54) is 0 Å². The molecular weight excluding hydrogens is 309 g/mol. The highest BCUT2D eigenvalue weighted by molar-refractivity contribution is 6.31. The highest BCUT2D eigenvalue weighted by Crippen LogP contribution is 2.28. The van der Waals surface area contributed by atoms with Gasteiger partial charge in [-0.15, -0.1) is 0 Å². The topological polar surface area (TPSA) is 47.6 Å². The van der Waals surface area contributed by atoms with Gasteiger partial charge in [0.25, 0.3) is 0 Å². The number of ether oxygens (including phenoxy) is 2. The zero-order chi connectivity index (χ0) is 16.5. The number of halogens is 2. The molecule has 124 valence electrons. The lowest BCUT2D eigenvalue weighted by molar-refractivity contribution is -0.110. The molecule has 6 heteroatoms. The van der Waals surface area contributed by atoms with Crippen molar-refractivity contribution in [3.05, 3.63) is 28.5 Å². The molecule has 1 aromatic carbocycles. The van der Waals surface area contributed by atoms with Gasteiger partial charge in [0, 0.05) is 26.2 Å². The average molecular weight is 332 g/mol. The molecule has 0 bridgehead atoms. The normalized spacial score (nSPS) is 12.3. The molecule has 1 atom stereocenters. The minimum absolute atomic E-state index is 0.0212. The van der Waals surface area contributed by atoms with Crippen molar-refractivity contribution in [3.8, 4) is 5.75 Å². The molecule has 0 fully saturated rings. The molecule has 1 N–H and O–H groups in total. The van der Waals surface area contributed by atoms with Crippen LogP contribution in [0, 0.1) is 11.7 Å². The maximum Gasteiger partial charge on any atom is 0.207 e. The van der Waals surface area contributed by atoms with E-state index in [-0.39, 0.29) is 22.7 Å². The molecule has 4 nitrogen and oxygen atoms in total. The Hall–Kier alpha value is -1.33. The molecule has 0 aliphatic rings. The van der Waals surface area contributed by atoms with Crippen LogP contribution in [0.3, 0.4) is 0 Å². The molecule has 0 aromatic heterocycles. The van der Waals surface area contributed by atoms with E-state index in [1.54, 1.807) is 19.2 Å². The van der Waals surface area contributed by atoms with Crippen LogP contribution in [0.15, 0.2) is 12.1 Å². The van der Waals surface area contributed by atoms with Gasteiger partial charge in [-0.05, 0) is 30.0 Å². The zero-order valence-corrected chi connectivity index (χ0v) is 14.0. The second-order valence-corrected chi connectivity index (χ2v) is 5.83. The summed E-state index contributed by atoms with van der Waals surface area (Å²) < 4.78 is 24.3. The fourth-order valence-electron chi connectivity index (χ4n) is 2.05. The number of benzene rings is 1. The van der Waals surface area contributed by atoms with E-state index in [0.29, 0.717) is 32.5 Å². The van der Waals surface area contributed by atoms with Crippen molar-refractivity contribution >= 4 is 18.0 Å².